The second-order valence-electron chi connectivity index (χ2n) is 6.03. The summed E-state index contributed by atoms with van der Waals surface area (Å²) in [4.78, 5) is 25.0. The molecule has 0 radical (unpaired) electrons. The van der Waals surface area contributed by atoms with E-state index in [-0.39, 0.29) is 18.0 Å². The Bertz CT molecular complexity index is 1010. The molecule has 128 valence electrons. The van der Waals surface area contributed by atoms with Crippen molar-refractivity contribution in [3.63, 3.8) is 0 Å². The van der Waals surface area contributed by atoms with Gasteiger partial charge in [0, 0.05) is 17.1 Å². The quantitative estimate of drug-likeness (QED) is 0.795. The molecule has 1 N–H and O–H groups in total. The fourth-order valence-corrected chi connectivity index (χ4v) is 2.96. The topological polar surface area (TPSA) is 60.3 Å². The number of para-hydroxylation sites is 1. The van der Waals surface area contributed by atoms with Crippen molar-refractivity contribution in [1.82, 2.24) is 4.57 Å². The molecule has 0 spiro atoms. The Labute approximate surface area is 145 Å². The number of methoxy groups -OCH3 is 1. The molecule has 0 bridgehead atoms. The molecular weight excluding hydrogens is 316 g/mol. The van der Waals surface area contributed by atoms with Gasteiger partial charge in [-0.2, -0.15) is 0 Å². The van der Waals surface area contributed by atoms with E-state index in [1.807, 2.05) is 50.2 Å². The molecule has 0 aliphatic heterocycles. The van der Waals surface area contributed by atoms with Gasteiger partial charge >= 0.3 is 0 Å². The standard InChI is InChI=1S/C20H20N2O3/c1-13-6-4-7-15(10-13)21-18(23)12-22-19(24)11-14(2)16-8-5-9-17(25-3)20(16)22/h4-11H,12H2,1-3H3,(H,21,23). The Morgan fingerprint density at radius 2 is 1.88 bits per heavy atom. The number of nitrogens with zero attached hydrogens (tertiary/aromatic N) is 1. The van der Waals surface area contributed by atoms with Gasteiger partial charge in [-0.15, -0.1) is 0 Å². The molecule has 0 fully saturated rings. The molecular formula is C20H20N2O3. The normalized spacial score (nSPS) is 10.7. The Morgan fingerprint density at radius 1 is 1.12 bits per heavy atom. The molecule has 2 aromatic carbocycles. The van der Waals surface area contributed by atoms with Gasteiger partial charge in [0.05, 0.1) is 12.6 Å². The molecule has 1 heterocycles. The van der Waals surface area contributed by atoms with Crippen molar-refractivity contribution >= 4 is 22.5 Å². The number of aromatic nitrogens is 1. The van der Waals surface area contributed by atoms with Crippen molar-refractivity contribution in [2.45, 2.75) is 20.4 Å². The van der Waals surface area contributed by atoms with Crippen molar-refractivity contribution < 1.29 is 9.53 Å². The van der Waals surface area contributed by atoms with Gasteiger partial charge in [0.15, 0.2) is 0 Å². The number of benzene rings is 2. The van der Waals surface area contributed by atoms with Crippen LogP contribution in [0.25, 0.3) is 10.9 Å². The zero-order chi connectivity index (χ0) is 18.0. The van der Waals surface area contributed by atoms with Crippen LogP contribution in [0.5, 0.6) is 5.75 Å². The van der Waals surface area contributed by atoms with Crippen LogP contribution in [0.15, 0.2) is 53.3 Å². The Kier molecular flexibility index (Phi) is 4.57. The highest BCUT2D eigenvalue weighted by atomic mass is 16.5. The lowest BCUT2D eigenvalue weighted by Crippen LogP contribution is -2.28. The van der Waals surface area contributed by atoms with Crippen LogP contribution < -0.4 is 15.6 Å². The lowest BCUT2D eigenvalue weighted by molar-refractivity contribution is -0.116. The average molecular weight is 336 g/mol. The molecule has 5 nitrogen and oxygen atoms in total. The predicted molar refractivity (Wildman–Crippen MR) is 99.3 cm³/mol. The average Bonchev–Trinajstić information content (AvgIpc) is 2.58. The molecule has 5 heteroatoms. The monoisotopic (exact) mass is 336 g/mol. The summed E-state index contributed by atoms with van der Waals surface area (Å²) in [5.74, 6) is 0.311. The molecule has 0 atom stereocenters. The van der Waals surface area contributed by atoms with Crippen molar-refractivity contribution in [1.29, 1.82) is 0 Å². The molecule has 1 aromatic heterocycles. The largest absolute Gasteiger partial charge is 0.495 e. The van der Waals surface area contributed by atoms with Gasteiger partial charge in [-0.3, -0.25) is 14.2 Å². The van der Waals surface area contributed by atoms with Crippen LogP contribution >= 0.6 is 0 Å². The Hall–Kier alpha value is -3.08. The van der Waals surface area contributed by atoms with E-state index in [2.05, 4.69) is 5.32 Å². The van der Waals surface area contributed by atoms with Crippen molar-refractivity contribution in [2.24, 2.45) is 0 Å². The molecule has 25 heavy (non-hydrogen) atoms. The molecule has 0 saturated carbocycles. The minimum absolute atomic E-state index is 0.0794. The highest BCUT2D eigenvalue weighted by Crippen LogP contribution is 2.26. The lowest BCUT2D eigenvalue weighted by atomic mass is 10.1. The van der Waals surface area contributed by atoms with E-state index in [1.165, 1.54) is 4.57 Å². The summed E-state index contributed by atoms with van der Waals surface area (Å²) in [6.07, 6.45) is 0. The summed E-state index contributed by atoms with van der Waals surface area (Å²) >= 11 is 0. The van der Waals surface area contributed by atoms with E-state index in [4.69, 9.17) is 4.74 Å². The minimum Gasteiger partial charge on any atom is -0.495 e. The molecule has 0 aliphatic carbocycles. The number of hydrogen-bond acceptors (Lipinski definition) is 3. The van der Waals surface area contributed by atoms with Gasteiger partial charge in [-0.05, 0) is 43.2 Å². The van der Waals surface area contributed by atoms with Crippen LogP contribution in [0, 0.1) is 13.8 Å². The number of pyridine rings is 1. The summed E-state index contributed by atoms with van der Waals surface area (Å²) in [5, 5.41) is 3.73. The van der Waals surface area contributed by atoms with Crippen molar-refractivity contribution in [3.8, 4) is 5.75 Å². The van der Waals surface area contributed by atoms with Crippen molar-refractivity contribution in [3.05, 3.63) is 70.0 Å². The number of amides is 1. The summed E-state index contributed by atoms with van der Waals surface area (Å²) < 4.78 is 6.85. The highest BCUT2D eigenvalue weighted by Gasteiger charge is 2.14. The first-order chi connectivity index (χ1) is 12.0. The SMILES string of the molecule is COc1cccc2c(C)cc(=O)n(CC(=O)Nc3cccc(C)c3)c12. The number of ether oxygens (including phenoxy) is 1. The van der Waals surface area contributed by atoms with E-state index >= 15 is 0 Å². The van der Waals surface area contributed by atoms with Crippen LogP contribution in [0.1, 0.15) is 11.1 Å². The fraction of sp³-hybridized carbons (Fsp3) is 0.200. The number of rotatable bonds is 4. The lowest BCUT2D eigenvalue weighted by Gasteiger charge is -2.15. The van der Waals surface area contributed by atoms with Gasteiger partial charge in [0.25, 0.3) is 5.56 Å². The number of hydrogen-bond donors (Lipinski definition) is 1. The van der Waals surface area contributed by atoms with E-state index in [1.54, 1.807) is 19.2 Å². The number of nitrogens with one attached hydrogen (secondary N) is 1. The Balaban J connectivity index is 2.01. The van der Waals surface area contributed by atoms with E-state index in [9.17, 15) is 9.59 Å². The third-order valence-corrected chi connectivity index (χ3v) is 4.12. The number of fused-ring (bicyclic) bond motifs is 1. The van der Waals surface area contributed by atoms with Gasteiger partial charge in [-0.1, -0.05) is 24.3 Å². The molecule has 0 unspecified atom stereocenters. The van der Waals surface area contributed by atoms with E-state index < -0.39 is 0 Å². The second-order valence-corrected chi connectivity index (χ2v) is 6.03. The highest BCUT2D eigenvalue weighted by molar-refractivity contribution is 5.93. The zero-order valence-electron chi connectivity index (χ0n) is 14.5. The van der Waals surface area contributed by atoms with Gasteiger partial charge in [-0.25, -0.2) is 0 Å². The van der Waals surface area contributed by atoms with E-state index in [0.717, 1.165) is 16.5 Å². The summed E-state index contributed by atoms with van der Waals surface area (Å²) in [6, 6.07) is 14.7. The second kappa shape index (κ2) is 6.81. The van der Waals surface area contributed by atoms with E-state index in [0.29, 0.717) is 17.0 Å². The van der Waals surface area contributed by atoms with Crippen LogP contribution in [0.2, 0.25) is 0 Å². The molecule has 0 aliphatic rings. The summed E-state index contributed by atoms with van der Waals surface area (Å²) in [6.45, 7) is 3.75. The number of carbonyl (C=O) groups excluding carboxylic acids is 1. The number of aryl methyl sites for hydroxylation is 2. The van der Waals surface area contributed by atoms with Crippen LogP contribution in [-0.2, 0) is 11.3 Å². The van der Waals surface area contributed by atoms with Crippen LogP contribution in [0.4, 0.5) is 5.69 Å². The first-order valence-corrected chi connectivity index (χ1v) is 8.03. The maximum atomic E-state index is 12.5. The van der Waals surface area contributed by atoms with Crippen LogP contribution in [0.3, 0.4) is 0 Å². The predicted octanol–water partition coefficient (Wildman–Crippen LogP) is 3.27. The molecule has 1 amide bonds. The third kappa shape index (κ3) is 3.40. The number of carbonyl (C=O) groups is 1. The summed E-state index contributed by atoms with van der Waals surface area (Å²) in [5.41, 5.74) is 3.02. The molecule has 3 aromatic rings. The van der Waals surface area contributed by atoms with Gasteiger partial charge in [0.2, 0.25) is 5.91 Å². The van der Waals surface area contributed by atoms with Crippen molar-refractivity contribution in [2.75, 3.05) is 12.4 Å². The smallest absolute Gasteiger partial charge is 0.251 e. The van der Waals surface area contributed by atoms with Gasteiger partial charge < -0.3 is 10.1 Å². The van der Waals surface area contributed by atoms with Gasteiger partial charge in [0.1, 0.15) is 12.3 Å². The summed E-state index contributed by atoms with van der Waals surface area (Å²) in [7, 11) is 1.55. The van der Waals surface area contributed by atoms with Crippen LogP contribution in [-0.4, -0.2) is 17.6 Å². The molecule has 0 saturated heterocycles. The fourth-order valence-electron chi connectivity index (χ4n) is 2.96. The molecule has 3 rings (SSSR count). The first-order valence-electron chi connectivity index (χ1n) is 8.03. The third-order valence-electron chi connectivity index (χ3n) is 4.12. The Morgan fingerprint density at radius 3 is 2.60 bits per heavy atom. The maximum absolute atomic E-state index is 12.5. The number of anilines is 1. The first kappa shape index (κ1) is 16.8. The maximum Gasteiger partial charge on any atom is 0.251 e. The minimum atomic E-state index is -0.260. The zero-order valence-corrected chi connectivity index (χ0v) is 14.5.